The lowest BCUT2D eigenvalue weighted by Gasteiger charge is -2.16. The summed E-state index contributed by atoms with van der Waals surface area (Å²) in [5.74, 6) is 6.06. The average molecular weight is 332 g/mol. The molecular formula is C16H20N4O4. The van der Waals surface area contributed by atoms with E-state index in [1.807, 2.05) is 0 Å². The largest absolute Gasteiger partial charge is 0.394 e. The summed E-state index contributed by atoms with van der Waals surface area (Å²) in [6.45, 7) is 1.72. The molecule has 128 valence electrons. The molecule has 1 aliphatic rings. The minimum absolute atomic E-state index is 0.384. The Balaban J connectivity index is 1.92. The van der Waals surface area contributed by atoms with Gasteiger partial charge in [0.05, 0.1) is 12.9 Å². The number of aliphatic hydroxyl groups excluding tert-OH is 3. The molecule has 3 N–H and O–H groups in total. The highest BCUT2D eigenvalue weighted by atomic mass is 16.6. The standard InChI is InChI=1S/C16H20N4O4/c1-2-3-4-5-6-10-12-15(18-8-17-10)20(9-19-12)16-14(23)13(22)11(7-21)24-16/h8-9,11,13-14,16,21-23H,2-4,7H2,1H3/t11-,13-,14-,16?/m1/s1. The number of nitrogens with zero attached hydrogens (tertiary/aromatic N) is 4. The SMILES string of the molecule is CCCCC#Cc1ncnc2c1ncn2C1O[C@H](CO)[C@@H](O)[C@H]1O. The quantitative estimate of drug-likeness (QED) is 0.532. The summed E-state index contributed by atoms with van der Waals surface area (Å²) in [5, 5.41) is 29.3. The number of rotatable bonds is 4. The molecule has 24 heavy (non-hydrogen) atoms. The van der Waals surface area contributed by atoms with E-state index in [2.05, 4.69) is 33.7 Å². The molecule has 1 unspecified atom stereocenters. The number of hydrogen-bond donors (Lipinski definition) is 3. The molecule has 1 fully saturated rings. The number of aliphatic hydroxyl groups is 3. The van der Waals surface area contributed by atoms with E-state index in [0.29, 0.717) is 16.9 Å². The lowest BCUT2D eigenvalue weighted by atomic mass is 10.1. The normalized spacial score (nSPS) is 26.5. The Labute approximate surface area is 139 Å². The van der Waals surface area contributed by atoms with Crippen molar-refractivity contribution in [3.8, 4) is 11.8 Å². The summed E-state index contributed by atoms with van der Waals surface area (Å²) in [5.41, 5.74) is 1.49. The van der Waals surface area contributed by atoms with Gasteiger partial charge in [0.25, 0.3) is 0 Å². The smallest absolute Gasteiger partial charge is 0.166 e. The topological polar surface area (TPSA) is 114 Å². The Hall–Kier alpha value is -2.05. The van der Waals surface area contributed by atoms with Crippen LogP contribution in [0.2, 0.25) is 0 Å². The van der Waals surface area contributed by atoms with Crippen molar-refractivity contribution in [3.05, 3.63) is 18.3 Å². The van der Waals surface area contributed by atoms with Crippen molar-refractivity contribution >= 4 is 11.2 Å². The van der Waals surface area contributed by atoms with Gasteiger partial charge in [0.2, 0.25) is 0 Å². The highest BCUT2D eigenvalue weighted by Gasteiger charge is 2.43. The Bertz CT molecular complexity index is 766. The van der Waals surface area contributed by atoms with Crippen LogP contribution >= 0.6 is 0 Å². The van der Waals surface area contributed by atoms with Crippen molar-refractivity contribution < 1.29 is 20.1 Å². The monoisotopic (exact) mass is 332 g/mol. The number of hydrogen-bond acceptors (Lipinski definition) is 7. The van der Waals surface area contributed by atoms with Crippen LogP contribution < -0.4 is 0 Å². The van der Waals surface area contributed by atoms with E-state index in [9.17, 15) is 15.3 Å². The molecule has 2 aromatic rings. The molecule has 8 nitrogen and oxygen atoms in total. The van der Waals surface area contributed by atoms with Crippen molar-refractivity contribution in [2.24, 2.45) is 0 Å². The number of imidazole rings is 1. The summed E-state index contributed by atoms with van der Waals surface area (Å²) >= 11 is 0. The first-order chi connectivity index (χ1) is 11.7. The van der Waals surface area contributed by atoms with E-state index >= 15 is 0 Å². The van der Waals surface area contributed by atoms with Gasteiger partial charge in [0.15, 0.2) is 11.9 Å². The fourth-order valence-corrected chi connectivity index (χ4v) is 2.65. The van der Waals surface area contributed by atoms with Crippen LogP contribution in [0.15, 0.2) is 12.7 Å². The van der Waals surface area contributed by atoms with E-state index in [1.54, 1.807) is 0 Å². The van der Waals surface area contributed by atoms with Crippen molar-refractivity contribution in [2.45, 2.75) is 50.7 Å². The molecular weight excluding hydrogens is 312 g/mol. The fraction of sp³-hybridized carbons (Fsp3) is 0.562. The predicted octanol–water partition coefficient (Wildman–Crippen LogP) is -0.0205. The number of aromatic nitrogens is 4. The zero-order chi connectivity index (χ0) is 17.1. The third-order valence-corrected chi connectivity index (χ3v) is 4.01. The molecule has 8 heteroatoms. The van der Waals surface area contributed by atoms with Crippen molar-refractivity contribution in [1.82, 2.24) is 19.5 Å². The molecule has 4 atom stereocenters. The van der Waals surface area contributed by atoms with E-state index in [-0.39, 0.29) is 6.61 Å². The Morgan fingerprint density at radius 2 is 2.08 bits per heavy atom. The lowest BCUT2D eigenvalue weighted by molar-refractivity contribution is -0.0511. The van der Waals surface area contributed by atoms with E-state index < -0.39 is 24.5 Å². The molecule has 0 amide bonds. The third-order valence-electron chi connectivity index (χ3n) is 4.01. The second kappa shape index (κ2) is 7.23. The van der Waals surface area contributed by atoms with Crippen LogP contribution in [0.25, 0.3) is 11.2 Å². The molecule has 0 bridgehead atoms. The van der Waals surface area contributed by atoms with Gasteiger partial charge in [-0.25, -0.2) is 15.0 Å². The average Bonchev–Trinajstić information content (AvgIpc) is 3.14. The maximum Gasteiger partial charge on any atom is 0.166 e. The van der Waals surface area contributed by atoms with Gasteiger partial charge in [-0.05, 0) is 12.3 Å². The van der Waals surface area contributed by atoms with Crippen LogP contribution in [-0.4, -0.2) is 59.8 Å². The van der Waals surface area contributed by atoms with Gasteiger partial charge in [-0.15, -0.1) is 0 Å². The van der Waals surface area contributed by atoms with Crippen LogP contribution in [-0.2, 0) is 4.74 Å². The second-order valence-electron chi connectivity index (χ2n) is 5.68. The molecule has 0 radical (unpaired) electrons. The highest BCUT2D eigenvalue weighted by molar-refractivity contribution is 5.76. The molecule has 1 saturated heterocycles. The van der Waals surface area contributed by atoms with Gasteiger partial charge in [0, 0.05) is 6.42 Å². The van der Waals surface area contributed by atoms with Crippen LogP contribution in [0.5, 0.6) is 0 Å². The van der Waals surface area contributed by atoms with Gasteiger partial charge in [0.1, 0.15) is 35.8 Å². The van der Waals surface area contributed by atoms with Crippen LogP contribution in [0.3, 0.4) is 0 Å². The molecule has 2 aromatic heterocycles. The van der Waals surface area contributed by atoms with Gasteiger partial charge >= 0.3 is 0 Å². The first-order valence-corrected chi connectivity index (χ1v) is 7.96. The zero-order valence-corrected chi connectivity index (χ0v) is 13.3. The van der Waals surface area contributed by atoms with Crippen molar-refractivity contribution in [3.63, 3.8) is 0 Å². The molecule has 3 rings (SSSR count). The summed E-state index contributed by atoms with van der Waals surface area (Å²) < 4.78 is 7.04. The molecule has 0 aliphatic carbocycles. The van der Waals surface area contributed by atoms with Gasteiger partial charge in [-0.1, -0.05) is 19.3 Å². The Kier molecular flexibility index (Phi) is 5.06. The summed E-state index contributed by atoms with van der Waals surface area (Å²) in [4.78, 5) is 12.6. The maximum absolute atomic E-state index is 10.2. The number of unbranched alkanes of at least 4 members (excludes halogenated alkanes) is 2. The molecule has 0 saturated carbocycles. The van der Waals surface area contributed by atoms with Crippen LogP contribution in [0.4, 0.5) is 0 Å². The van der Waals surface area contributed by atoms with Crippen molar-refractivity contribution in [2.75, 3.05) is 6.61 Å². The van der Waals surface area contributed by atoms with Crippen LogP contribution in [0.1, 0.15) is 38.1 Å². The lowest BCUT2D eigenvalue weighted by Crippen LogP contribution is -2.33. The minimum Gasteiger partial charge on any atom is -0.394 e. The summed E-state index contributed by atoms with van der Waals surface area (Å²) in [6, 6.07) is 0. The molecule has 0 aromatic carbocycles. The molecule has 0 spiro atoms. The van der Waals surface area contributed by atoms with Crippen LogP contribution in [0, 0.1) is 11.8 Å². The van der Waals surface area contributed by atoms with Crippen molar-refractivity contribution in [1.29, 1.82) is 0 Å². The predicted molar refractivity (Wildman–Crippen MR) is 84.7 cm³/mol. The fourth-order valence-electron chi connectivity index (χ4n) is 2.65. The van der Waals surface area contributed by atoms with E-state index in [1.165, 1.54) is 17.2 Å². The molecule has 3 heterocycles. The third kappa shape index (κ3) is 2.99. The zero-order valence-electron chi connectivity index (χ0n) is 13.3. The summed E-state index contributed by atoms with van der Waals surface area (Å²) in [6.07, 6.45) is 1.66. The Morgan fingerprint density at radius 3 is 2.79 bits per heavy atom. The first kappa shape index (κ1) is 16.8. The van der Waals surface area contributed by atoms with E-state index in [4.69, 9.17) is 4.74 Å². The van der Waals surface area contributed by atoms with Gasteiger partial charge < -0.3 is 20.1 Å². The summed E-state index contributed by atoms with van der Waals surface area (Å²) in [7, 11) is 0. The minimum atomic E-state index is -1.19. The first-order valence-electron chi connectivity index (χ1n) is 7.96. The maximum atomic E-state index is 10.2. The van der Waals surface area contributed by atoms with Gasteiger partial charge in [-0.3, -0.25) is 4.57 Å². The number of fused-ring (bicyclic) bond motifs is 1. The Morgan fingerprint density at radius 1 is 1.25 bits per heavy atom. The van der Waals surface area contributed by atoms with Gasteiger partial charge in [-0.2, -0.15) is 0 Å². The second-order valence-corrected chi connectivity index (χ2v) is 5.68. The van der Waals surface area contributed by atoms with E-state index in [0.717, 1.165) is 19.3 Å². The molecule has 1 aliphatic heterocycles. The highest BCUT2D eigenvalue weighted by Crippen LogP contribution is 2.31. The number of ether oxygens (including phenoxy) is 1.